The van der Waals surface area contributed by atoms with Crippen molar-refractivity contribution in [3.8, 4) is 0 Å². The number of aliphatic hydroxyl groups is 1. The van der Waals surface area contributed by atoms with Gasteiger partial charge in [-0.3, -0.25) is 9.59 Å². The fourth-order valence-corrected chi connectivity index (χ4v) is 2.18. The standard InChI is InChI=1S/C13H26NO3P/c1-6-8-10(15)13(17,11(16)9-7-2)12(18)14(3,4)5/h12,17-18H,6-9H2,1-5H3. The summed E-state index contributed by atoms with van der Waals surface area (Å²) in [5.74, 6) is -1.43. The molecule has 4 nitrogen and oxygen atoms in total. The van der Waals surface area contributed by atoms with Crippen molar-refractivity contribution < 1.29 is 19.2 Å². The van der Waals surface area contributed by atoms with E-state index in [9.17, 15) is 14.7 Å². The Kier molecular flexibility index (Phi) is 6.62. The molecule has 1 atom stereocenters. The number of rotatable bonds is 8. The van der Waals surface area contributed by atoms with Crippen molar-refractivity contribution in [3.05, 3.63) is 0 Å². The van der Waals surface area contributed by atoms with Gasteiger partial charge in [-0.15, -0.1) is 0 Å². The molecule has 0 aromatic heterocycles. The third-order valence-corrected chi connectivity index (χ3v) is 4.17. The van der Waals surface area contributed by atoms with Crippen LogP contribution in [-0.2, 0) is 9.59 Å². The first-order chi connectivity index (χ1) is 8.12. The number of hydrogen-bond donors (Lipinski definition) is 1. The van der Waals surface area contributed by atoms with Gasteiger partial charge < -0.3 is 18.8 Å². The summed E-state index contributed by atoms with van der Waals surface area (Å²) in [7, 11) is 8.90. The molecule has 0 saturated carbocycles. The second kappa shape index (κ2) is 6.74. The van der Waals surface area contributed by atoms with E-state index in [0.29, 0.717) is 12.8 Å². The Hall–Kier alpha value is -0.310. The zero-order valence-electron chi connectivity index (χ0n) is 12.1. The van der Waals surface area contributed by atoms with E-state index in [1.165, 1.54) is 0 Å². The Bertz CT molecular complexity index is 292. The van der Waals surface area contributed by atoms with Gasteiger partial charge in [-0.05, 0) is 12.8 Å². The van der Waals surface area contributed by atoms with Crippen LogP contribution in [-0.4, -0.2) is 53.7 Å². The van der Waals surface area contributed by atoms with Gasteiger partial charge in [0, 0.05) is 18.6 Å². The Labute approximate surface area is 113 Å². The fourth-order valence-electron chi connectivity index (χ4n) is 1.86. The van der Waals surface area contributed by atoms with E-state index in [2.05, 4.69) is 9.24 Å². The molecular weight excluding hydrogens is 249 g/mol. The van der Waals surface area contributed by atoms with E-state index in [4.69, 9.17) is 0 Å². The maximum atomic E-state index is 12.2. The third-order valence-electron chi connectivity index (χ3n) is 2.97. The summed E-state index contributed by atoms with van der Waals surface area (Å²) in [6, 6.07) is 0. The van der Waals surface area contributed by atoms with Crippen LogP contribution in [0.5, 0.6) is 0 Å². The molecule has 0 aliphatic heterocycles. The number of ketones is 2. The van der Waals surface area contributed by atoms with Crippen molar-refractivity contribution in [1.82, 2.24) is 0 Å². The maximum Gasteiger partial charge on any atom is 0.204 e. The minimum Gasteiger partial charge on any atom is -0.488 e. The molecule has 1 N–H and O–H groups in total. The molecule has 0 rings (SSSR count). The van der Waals surface area contributed by atoms with Crippen molar-refractivity contribution in [1.29, 1.82) is 0 Å². The lowest BCUT2D eigenvalue weighted by molar-refractivity contribution is -0.885. The minimum absolute atomic E-state index is 0.215. The van der Waals surface area contributed by atoms with Crippen LogP contribution in [0.25, 0.3) is 0 Å². The van der Waals surface area contributed by atoms with E-state index in [1.54, 1.807) is 0 Å². The molecular formula is C13H26NO3P. The normalized spacial score (nSPS) is 14.4. The van der Waals surface area contributed by atoms with Crippen LogP contribution in [0.4, 0.5) is 0 Å². The molecule has 1 unspecified atom stereocenters. The van der Waals surface area contributed by atoms with E-state index >= 15 is 0 Å². The van der Waals surface area contributed by atoms with Crippen molar-refractivity contribution >= 4 is 20.8 Å². The van der Waals surface area contributed by atoms with E-state index in [-0.39, 0.29) is 17.3 Å². The van der Waals surface area contributed by atoms with Crippen molar-refractivity contribution in [2.45, 2.75) is 50.9 Å². The summed E-state index contributed by atoms with van der Waals surface area (Å²) in [6.45, 7) is 3.72. The van der Waals surface area contributed by atoms with Gasteiger partial charge in [0.1, 0.15) is 0 Å². The quantitative estimate of drug-likeness (QED) is 0.416. The predicted octanol–water partition coefficient (Wildman–Crippen LogP) is 1.63. The number of nitrogens with zero attached hydrogens (tertiary/aromatic N) is 1. The smallest absolute Gasteiger partial charge is 0.204 e. The molecule has 18 heavy (non-hydrogen) atoms. The lowest BCUT2D eigenvalue weighted by Gasteiger charge is -2.46. The third kappa shape index (κ3) is 3.84. The molecule has 0 bridgehead atoms. The molecule has 5 heteroatoms. The molecule has 0 heterocycles. The lowest BCUT2D eigenvalue weighted by Crippen LogP contribution is -2.63. The highest BCUT2D eigenvalue weighted by Crippen LogP contribution is 2.29. The highest BCUT2D eigenvalue weighted by molar-refractivity contribution is 7.17. The minimum atomic E-state index is -1.93. The van der Waals surface area contributed by atoms with Crippen LogP contribution in [0, 0.1) is 0 Å². The van der Waals surface area contributed by atoms with Gasteiger partial charge in [0.25, 0.3) is 0 Å². The van der Waals surface area contributed by atoms with Gasteiger partial charge in [0.2, 0.25) is 5.60 Å². The molecule has 0 aromatic rings. The van der Waals surface area contributed by atoms with Crippen LogP contribution >= 0.6 is 9.24 Å². The Morgan fingerprint density at radius 1 is 1.11 bits per heavy atom. The first-order valence-electron chi connectivity index (χ1n) is 6.43. The van der Waals surface area contributed by atoms with Crippen LogP contribution in [0.3, 0.4) is 0 Å². The monoisotopic (exact) mass is 275 g/mol. The summed E-state index contributed by atoms with van der Waals surface area (Å²) in [4.78, 5) is 24.3. The summed E-state index contributed by atoms with van der Waals surface area (Å²) in [5.41, 5.74) is -1.93. The van der Waals surface area contributed by atoms with Gasteiger partial charge in [0.15, 0.2) is 11.6 Å². The molecule has 0 aromatic carbocycles. The Balaban J connectivity index is 5.41. The number of hydrogen-bond acceptors (Lipinski definition) is 3. The zero-order chi connectivity index (χ0) is 14.6. The van der Waals surface area contributed by atoms with E-state index < -0.39 is 23.0 Å². The molecule has 0 radical (unpaired) electrons. The summed E-state index contributed by atoms with van der Waals surface area (Å²) >= 11 is 0. The summed E-state index contributed by atoms with van der Waals surface area (Å²) < 4.78 is 0.290. The van der Waals surface area contributed by atoms with Gasteiger partial charge >= 0.3 is 0 Å². The summed E-state index contributed by atoms with van der Waals surface area (Å²) in [5, 5.41) is 10.7. The van der Waals surface area contributed by atoms with Gasteiger partial charge in [-0.25, -0.2) is 0 Å². The number of likely N-dealkylation sites (N-methyl/N-ethyl adjacent to an activating group) is 1. The average Bonchev–Trinajstić information content (AvgIpc) is 2.26. The summed E-state index contributed by atoms with van der Waals surface area (Å²) in [6.07, 6.45) is 1.67. The first-order valence-corrected chi connectivity index (χ1v) is 7.01. The van der Waals surface area contributed by atoms with Gasteiger partial charge in [-0.2, -0.15) is 0 Å². The molecule has 106 valence electrons. The fraction of sp³-hybridized carbons (Fsp3) is 0.846. The molecule has 0 aliphatic rings. The van der Waals surface area contributed by atoms with Crippen molar-refractivity contribution in [2.75, 3.05) is 21.1 Å². The second-order valence-corrected chi connectivity index (χ2v) is 6.18. The molecule has 0 fully saturated rings. The van der Waals surface area contributed by atoms with E-state index in [0.717, 1.165) is 0 Å². The average molecular weight is 275 g/mol. The SMILES string of the molecule is CCCC(=O)C(O)(C(=O)CCC)C([PH-])[N+](C)(C)C. The topological polar surface area (TPSA) is 54.4 Å². The van der Waals surface area contributed by atoms with Gasteiger partial charge in [-0.1, -0.05) is 13.8 Å². The molecule has 0 aliphatic carbocycles. The number of Topliss-reactive ketones (excluding diaryl/α,β-unsaturated/α-hetero) is 2. The molecule has 0 saturated heterocycles. The zero-order valence-corrected chi connectivity index (χ0v) is 13.1. The Morgan fingerprint density at radius 2 is 1.44 bits per heavy atom. The van der Waals surface area contributed by atoms with Crippen LogP contribution < -0.4 is 0 Å². The lowest BCUT2D eigenvalue weighted by atomic mass is 9.87. The van der Waals surface area contributed by atoms with Crippen LogP contribution in [0.2, 0.25) is 0 Å². The number of carbonyl (C=O) groups is 2. The van der Waals surface area contributed by atoms with Crippen molar-refractivity contribution in [2.24, 2.45) is 0 Å². The van der Waals surface area contributed by atoms with Gasteiger partial charge in [0.05, 0.1) is 21.1 Å². The number of quaternary nitrogens is 1. The predicted molar refractivity (Wildman–Crippen MR) is 74.9 cm³/mol. The van der Waals surface area contributed by atoms with E-state index in [1.807, 2.05) is 35.0 Å². The largest absolute Gasteiger partial charge is 0.488 e. The van der Waals surface area contributed by atoms with Crippen LogP contribution in [0.1, 0.15) is 39.5 Å². The highest BCUT2D eigenvalue weighted by atomic mass is 31.0. The van der Waals surface area contributed by atoms with Crippen molar-refractivity contribution in [3.63, 3.8) is 0 Å². The second-order valence-electron chi connectivity index (χ2n) is 5.63. The molecule has 0 spiro atoms. The number of carbonyl (C=O) groups excluding carboxylic acids is 2. The Morgan fingerprint density at radius 3 is 1.67 bits per heavy atom. The van der Waals surface area contributed by atoms with Crippen LogP contribution in [0.15, 0.2) is 0 Å². The highest BCUT2D eigenvalue weighted by Gasteiger charge is 2.48. The maximum absolute atomic E-state index is 12.2. The first kappa shape index (κ1) is 17.7. The molecule has 0 amide bonds.